The smallest absolute Gasteiger partial charge is 0.228 e. The number of rotatable bonds is 4. The molecule has 2 fully saturated rings. The molecule has 1 aliphatic carbocycles. The van der Waals surface area contributed by atoms with Gasteiger partial charge >= 0.3 is 0 Å². The van der Waals surface area contributed by atoms with Gasteiger partial charge in [-0.15, -0.1) is 0 Å². The molecule has 3 aromatic heterocycles. The van der Waals surface area contributed by atoms with Gasteiger partial charge < -0.3 is 20.5 Å². The van der Waals surface area contributed by atoms with Gasteiger partial charge in [0.05, 0.1) is 23.2 Å². The monoisotopic (exact) mass is 545 g/mol. The first kappa shape index (κ1) is 24.7. The van der Waals surface area contributed by atoms with Crippen LogP contribution in [-0.2, 0) is 17.8 Å². The second-order valence-corrected chi connectivity index (χ2v) is 11.9. The summed E-state index contributed by atoms with van der Waals surface area (Å²) in [6, 6.07) is 5.99. The number of fused-ring (bicyclic) bond motifs is 4. The quantitative estimate of drug-likeness (QED) is 0.505. The number of hydrogen-bond donors (Lipinski definition) is 2. The average molecular weight is 546 g/mol. The maximum Gasteiger partial charge on any atom is 0.228 e. The van der Waals surface area contributed by atoms with Crippen LogP contribution < -0.4 is 20.3 Å². The van der Waals surface area contributed by atoms with Gasteiger partial charge in [-0.05, 0) is 55.7 Å². The Morgan fingerprint density at radius 2 is 2.03 bits per heavy atom. The Labute approximate surface area is 231 Å². The summed E-state index contributed by atoms with van der Waals surface area (Å²) in [5.41, 5.74) is 10.4. The van der Waals surface area contributed by atoms with E-state index in [-0.39, 0.29) is 30.0 Å². The average Bonchev–Trinajstić information content (AvgIpc) is 3.47. The van der Waals surface area contributed by atoms with Gasteiger partial charge in [-0.1, -0.05) is 17.8 Å². The summed E-state index contributed by atoms with van der Waals surface area (Å²) in [5.74, 6) is 2.00. The molecule has 202 valence electrons. The van der Waals surface area contributed by atoms with E-state index in [1.54, 1.807) is 11.1 Å². The topological polar surface area (TPSA) is 131 Å². The number of pyridine rings is 2. The second-order valence-electron chi connectivity index (χ2n) is 10.9. The number of aliphatic hydroxyl groups excluding tert-OH is 1. The Kier molecular flexibility index (Phi) is 5.98. The maximum atomic E-state index is 12.5. The molecule has 3 N–H and O–H groups in total. The molecule has 10 nitrogen and oxygen atoms in total. The predicted octanol–water partition coefficient (Wildman–Crippen LogP) is 2.95. The van der Waals surface area contributed by atoms with Crippen LogP contribution in [0.2, 0.25) is 0 Å². The van der Waals surface area contributed by atoms with Crippen LogP contribution in [0.15, 0.2) is 40.5 Å². The van der Waals surface area contributed by atoms with Crippen molar-refractivity contribution >= 4 is 29.3 Å². The third kappa shape index (κ3) is 3.97. The van der Waals surface area contributed by atoms with E-state index >= 15 is 0 Å². The molecular weight excluding hydrogens is 514 g/mol. The minimum Gasteiger partial charge on any atom is -0.486 e. The van der Waals surface area contributed by atoms with Crippen LogP contribution >= 0.6 is 11.8 Å². The van der Waals surface area contributed by atoms with Crippen molar-refractivity contribution in [1.29, 1.82) is 0 Å². The lowest BCUT2D eigenvalue weighted by atomic mass is 9.73. The number of aliphatic hydroxyl groups is 1. The molecule has 1 unspecified atom stereocenters. The number of amides is 1. The van der Waals surface area contributed by atoms with Crippen molar-refractivity contribution in [3.63, 3.8) is 0 Å². The second kappa shape index (κ2) is 9.42. The Balaban J connectivity index is 1.12. The van der Waals surface area contributed by atoms with E-state index < -0.39 is 0 Å². The fraction of sp³-hybridized carbons (Fsp3) is 0.464. The van der Waals surface area contributed by atoms with E-state index in [1.165, 1.54) is 17.3 Å². The van der Waals surface area contributed by atoms with E-state index in [0.29, 0.717) is 35.3 Å². The van der Waals surface area contributed by atoms with Crippen LogP contribution in [0.1, 0.15) is 54.4 Å². The zero-order valence-electron chi connectivity index (χ0n) is 21.8. The van der Waals surface area contributed by atoms with E-state index in [9.17, 15) is 9.90 Å². The first-order valence-corrected chi connectivity index (χ1v) is 14.3. The van der Waals surface area contributed by atoms with Crippen LogP contribution in [0.5, 0.6) is 5.75 Å². The number of aryl methyl sites for hydroxylation is 1. The minimum atomic E-state index is -0.207. The highest BCUT2D eigenvalue weighted by Crippen LogP contribution is 2.51. The molecule has 0 aromatic carbocycles. The summed E-state index contributed by atoms with van der Waals surface area (Å²) in [6.45, 7) is 3.79. The van der Waals surface area contributed by atoms with Crippen LogP contribution in [0.3, 0.4) is 0 Å². The van der Waals surface area contributed by atoms with E-state index in [2.05, 4.69) is 20.9 Å². The normalized spacial score (nSPS) is 23.0. The lowest BCUT2D eigenvalue weighted by Crippen LogP contribution is -2.45. The highest BCUT2D eigenvalue weighted by molar-refractivity contribution is 7.99. The van der Waals surface area contributed by atoms with Crippen LogP contribution in [-0.4, -0.2) is 56.7 Å². The molecule has 0 radical (unpaired) electrons. The molecule has 4 aliphatic rings. The van der Waals surface area contributed by atoms with E-state index in [1.807, 2.05) is 25.3 Å². The van der Waals surface area contributed by atoms with Crippen molar-refractivity contribution in [2.24, 2.45) is 11.1 Å². The fourth-order valence-electron chi connectivity index (χ4n) is 6.57. The summed E-state index contributed by atoms with van der Waals surface area (Å²) < 4.78 is 6.08. The molecule has 11 heteroatoms. The number of nitrogens with two attached hydrogens (primary N) is 1. The van der Waals surface area contributed by atoms with Gasteiger partial charge in [-0.2, -0.15) is 0 Å². The zero-order valence-corrected chi connectivity index (χ0v) is 22.7. The van der Waals surface area contributed by atoms with Crippen molar-refractivity contribution in [3.05, 3.63) is 53.2 Å². The highest BCUT2D eigenvalue weighted by Gasteiger charge is 2.47. The van der Waals surface area contributed by atoms with Gasteiger partial charge in [-0.25, -0.2) is 15.0 Å². The Bertz CT molecular complexity index is 1460. The standard InChI is InChI=1S/C28H31N7O3S/c1-16-27(39-21-6-10-31-26-23(21)38-15-17-4-5-22(37)35(17)26)33-20(14-36)25(32-16)34-11-7-28(8-12-34)13-19-18(24(28)29)3-2-9-30-19/h2-3,6,9-10,17,24,36H,4-5,7-8,11-15,29H2,1H3/t17?,24-/m1/s1. The molecule has 39 heavy (non-hydrogen) atoms. The van der Waals surface area contributed by atoms with E-state index in [0.717, 1.165) is 60.9 Å². The van der Waals surface area contributed by atoms with E-state index in [4.69, 9.17) is 20.4 Å². The molecule has 0 bridgehead atoms. The molecule has 3 aromatic rings. The van der Waals surface area contributed by atoms with Gasteiger partial charge in [0.1, 0.15) is 17.3 Å². The number of piperidine rings is 1. The lowest BCUT2D eigenvalue weighted by Gasteiger charge is -2.42. The summed E-state index contributed by atoms with van der Waals surface area (Å²) >= 11 is 1.43. The third-order valence-electron chi connectivity index (χ3n) is 8.76. The summed E-state index contributed by atoms with van der Waals surface area (Å²) in [6.07, 6.45) is 7.64. The van der Waals surface area contributed by atoms with Gasteiger partial charge in [0.2, 0.25) is 5.91 Å². The van der Waals surface area contributed by atoms with Crippen molar-refractivity contribution < 1.29 is 14.6 Å². The number of ether oxygens (including phenoxy) is 1. The van der Waals surface area contributed by atoms with Crippen molar-refractivity contribution in [3.8, 4) is 5.75 Å². The molecule has 6 heterocycles. The molecule has 1 spiro atoms. The molecular formula is C28H31N7O3S. The number of carbonyl (C=O) groups is 1. The minimum absolute atomic E-state index is 0.00750. The molecule has 0 saturated carbocycles. The molecule has 1 amide bonds. The molecule has 7 rings (SSSR count). The number of nitrogens with zero attached hydrogens (tertiary/aromatic N) is 6. The predicted molar refractivity (Wildman–Crippen MR) is 146 cm³/mol. The van der Waals surface area contributed by atoms with Gasteiger partial charge in [0.25, 0.3) is 0 Å². The Morgan fingerprint density at radius 3 is 2.82 bits per heavy atom. The number of carbonyl (C=O) groups excluding carboxylic acids is 1. The van der Waals surface area contributed by atoms with Crippen LogP contribution in [0.4, 0.5) is 11.6 Å². The van der Waals surface area contributed by atoms with Crippen LogP contribution in [0.25, 0.3) is 0 Å². The van der Waals surface area contributed by atoms with Crippen molar-refractivity contribution in [2.75, 3.05) is 29.5 Å². The number of anilines is 2. The van der Waals surface area contributed by atoms with Gasteiger partial charge in [0, 0.05) is 43.6 Å². The first-order chi connectivity index (χ1) is 19.0. The van der Waals surface area contributed by atoms with Crippen molar-refractivity contribution in [2.45, 2.75) is 67.6 Å². The maximum absolute atomic E-state index is 12.5. The summed E-state index contributed by atoms with van der Waals surface area (Å²) in [4.78, 5) is 36.1. The molecule has 2 atom stereocenters. The molecule has 2 saturated heterocycles. The summed E-state index contributed by atoms with van der Waals surface area (Å²) in [5, 5.41) is 11.0. The van der Waals surface area contributed by atoms with Gasteiger partial charge in [0.15, 0.2) is 17.4 Å². The van der Waals surface area contributed by atoms with Crippen molar-refractivity contribution in [1.82, 2.24) is 19.9 Å². The largest absolute Gasteiger partial charge is 0.486 e. The highest BCUT2D eigenvalue weighted by atomic mass is 32.2. The Hall–Kier alpha value is -3.28. The first-order valence-electron chi connectivity index (χ1n) is 13.5. The van der Waals surface area contributed by atoms with Crippen LogP contribution in [0, 0.1) is 12.3 Å². The Morgan fingerprint density at radius 1 is 1.18 bits per heavy atom. The number of aromatic nitrogens is 4. The molecule has 3 aliphatic heterocycles. The third-order valence-corrected chi connectivity index (χ3v) is 9.88. The lowest BCUT2D eigenvalue weighted by molar-refractivity contribution is -0.117. The fourth-order valence-corrected chi connectivity index (χ4v) is 7.50. The zero-order chi connectivity index (χ0) is 26.7. The summed E-state index contributed by atoms with van der Waals surface area (Å²) in [7, 11) is 0. The number of hydrogen-bond acceptors (Lipinski definition) is 10. The van der Waals surface area contributed by atoms with Gasteiger partial charge in [-0.3, -0.25) is 14.7 Å². The SMILES string of the molecule is Cc1nc(N2CCC3(CC2)Cc2ncccc2[C@H]3N)c(CO)nc1Sc1ccnc2c1OCC1CCC(=O)N21.